The molecule has 1 saturated carbocycles. The molecule has 2 fully saturated rings. The summed E-state index contributed by atoms with van der Waals surface area (Å²) in [6, 6.07) is 0. The van der Waals surface area contributed by atoms with Crippen LogP contribution < -0.4 is 5.73 Å². The largest absolute Gasteiger partial charge is 0.380 e. The van der Waals surface area contributed by atoms with Gasteiger partial charge in [-0.15, -0.1) is 0 Å². The van der Waals surface area contributed by atoms with E-state index in [1.165, 1.54) is 25.0 Å². The Hall–Kier alpha value is 0.230. The average Bonchev–Trinajstić information content (AvgIpc) is 3.07. The van der Waals surface area contributed by atoms with Gasteiger partial charge in [0, 0.05) is 30.5 Å². The molecule has 2 rings (SSSR count). The Morgan fingerprint density at radius 3 is 2.76 bits per heavy atom. The second-order valence-corrected chi connectivity index (χ2v) is 6.96. The fourth-order valence-electron chi connectivity index (χ4n) is 2.65. The molecule has 0 radical (unpaired) electrons. The fraction of sp³-hybridized carbons (Fsp3) is 1.00. The van der Waals surface area contributed by atoms with Gasteiger partial charge in [0.25, 0.3) is 0 Å². The Morgan fingerprint density at radius 1 is 1.47 bits per heavy atom. The first kappa shape index (κ1) is 13.7. The summed E-state index contributed by atoms with van der Waals surface area (Å²) in [5.74, 6) is 2.11. The van der Waals surface area contributed by atoms with E-state index in [4.69, 9.17) is 10.5 Å². The highest BCUT2D eigenvalue weighted by Crippen LogP contribution is 2.38. The lowest BCUT2D eigenvalue weighted by Gasteiger charge is -2.41. The zero-order valence-corrected chi connectivity index (χ0v) is 12.0. The Morgan fingerprint density at radius 2 is 2.24 bits per heavy atom. The van der Waals surface area contributed by atoms with Crippen molar-refractivity contribution in [2.24, 2.45) is 11.7 Å². The number of nitrogens with zero attached hydrogens (tertiary/aromatic N) is 1. The molecule has 2 unspecified atom stereocenters. The molecular weight excluding hydrogens is 232 g/mol. The molecule has 0 spiro atoms. The van der Waals surface area contributed by atoms with Crippen molar-refractivity contribution in [3.63, 3.8) is 0 Å². The quantitative estimate of drug-likeness (QED) is 0.704. The van der Waals surface area contributed by atoms with Crippen LogP contribution in [0.4, 0.5) is 0 Å². The lowest BCUT2D eigenvalue weighted by atomic mass is 9.91. The van der Waals surface area contributed by atoms with Crippen LogP contribution in [0.25, 0.3) is 0 Å². The molecule has 0 amide bonds. The Kier molecular flexibility index (Phi) is 4.75. The summed E-state index contributed by atoms with van der Waals surface area (Å²) >= 11 is 2.05. The van der Waals surface area contributed by atoms with Crippen LogP contribution >= 0.6 is 11.8 Å². The third kappa shape index (κ3) is 3.16. The van der Waals surface area contributed by atoms with Crippen molar-refractivity contribution in [3.8, 4) is 0 Å². The molecule has 0 aromatic heterocycles. The Labute approximate surface area is 109 Å². The van der Waals surface area contributed by atoms with E-state index in [0.717, 1.165) is 32.2 Å². The average molecular weight is 258 g/mol. The second-order valence-electron chi connectivity index (χ2n) is 5.51. The van der Waals surface area contributed by atoms with Crippen LogP contribution in [0.3, 0.4) is 0 Å². The molecule has 2 aliphatic rings. The van der Waals surface area contributed by atoms with Gasteiger partial charge in [-0.25, -0.2) is 0 Å². The number of hydrogen-bond acceptors (Lipinski definition) is 4. The first-order valence-corrected chi connectivity index (χ1v) is 7.84. The SMILES string of the molecule is CC1SCCC1(CN)N(C)CCOCC1CC1. The molecule has 0 bridgehead atoms. The van der Waals surface area contributed by atoms with Gasteiger partial charge in [0.1, 0.15) is 0 Å². The summed E-state index contributed by atoms with van der Waals surface area (Å²) in [4.78, 5) is 2.44. The minimum Gasteiger partial charge on any atom is -0.380 e. The molecule has 1 aliphatic carbocycles. The summed E-state index contributed by atoms with van der Waals surface area (Å²) in [7, 11) is 2.20. The molecule has 1 heterocycles. The van der Waals surface area contributed by atoms with Crippen molar-refractivity contribution in [2.75, 3.05) is 39.1 Å². The zero-order valence-electron chi connectivity index (χ0n) is 11.2. The fourth-order valence-corrected chi connectivity index (χ4v) is 4.18. The van der Waals surface area contributed by atoms with Gasteiger partial charge in [0.15, 0.2) is 0 Å². The minimum atomic E-state index is 0.202. The van der Waals surface area contributed by atoms with Crippen molar-refractivity contribution >= 4 is 11.8 Å². The monoisotopic (exact) mass is 258 g/mol. The van der Waals surface area contributed by atoms with E-state index < -0.39 is 0 Å². The van der Waals surface area contributed by atoms with Crippen molar-refractivity contribution < 1.29 is 4.74 Å². The van der Waals surface area contributed by atoms with E-state index in [-0.39, 0.29) is 5.54 Å². The van der Waals surface area contributed by atoms with Crippen LogP contribution in [-0.2, 0) is 4.74 Å². The van der Waals surface area contributed by atoms with Gasteiger partial charge in [0.05, 0.1) is 6.61 Å². The zero-order chi connectivity index (χ0) is 12.3. The van der Waals surface area contributed by atoms with Crippen LogP contribution in [0.2, 0.25) is 0 Å². The molecule has 17 heavy (non-hydrogen) atoms. The van der Waals surface area contributed by atoms with Gasteiger partial charge in [-0.05, 0) is 38.0 Å². The van der Waals surface area contributed by atoms with Crippen molar-refractivity contribution in [1.29, 1.82) is 0 Å². The van der Waals surface area contributed by atoms with Gasteiger partial charge in [-0.2, -0.15) is 11.8 Å². The summed E-state index contributed by atoms with van der Waals surface area (Å²) < 4.78 is 5.72. The van der Waals surface area contributed by atoms with Gasteiger partial charge >= 0.3 is 0 Å². The summed E-state index contributed by atoms with van der Waals surface area (Å²) in [5.41, 5.74) is 6.23. The summed E-state index contributed by atoms with van der Waals surface area (Å²) in [5, 5.41) is 0.640. The molecule has 4 heteroatoms. The first-order valence-electron chi connectivity index (χ1n) is 6.79. The number of rotatable bonds is 7. The minimum absolute atomic E-state index is 0.202. The van der Waals surface area contributed by atoms with Crippen LogP contribution in [0.15, 0.2) is 0 Å². The van der Waals surface area contributed by atoms with Crippen molar-refractivity contribution in [3.05, 3.63) is 0 Å². The predicted molar refractivity (Wildman–Crippen MR) is 74.5 cm³/mol. The molecule has 2 N–H and O–H groups in total. The van der Waals surface area contributed by atoms with E-state index in [1.807, 2.05) is 11.8 Å². The number of ether oxygens (including phenoxy) is 1. The molecule has 3 nitrogen and oxygen atoms in total. The standard InChI is InChI=1S/C13H26N2OS/c1-11-13(10-14,5-8-17-11)15(2)6-7-16-9-12-3-4-12/h11-12H,3-10,14H2,1-2H3. The van der Waals surface area contributed by atoms with Crippen LogP contribution in [0, 0.1) is 5.92 Å². The molecule has 2 atom stereocenters. The summed E-state index contributed by atoms with van der Waals surface area (Å²) in [6.45, 7) is 5.90. The maximum absolute atomic E-state index is 6.03. The number of nitrogens with two attached hydrogens (primary N) is 1. The molecule has 0 aromatic rings. The van der Waals surface area contributed by atoms with Crippen molar-refractivity contribution in [1.82, 2.24) is 4.90 Å². The number of likely N-dealkylation sites (N-methyl/N-ethyl adjacent to an activating group) is 1. The third-order valence-corrected chi connectivity index (χ3v) is 5.77. The maximum atomic E-state index is 6.03. The molecule has 100 valence electrons. The highest BCUT2D eigenvalue weighted by atomic mass is 32.2. The highest BCUT2D eigenvalue weighted by molar-refractivity contribution is 8.00. The molecule has 1 saturated heterocycles. The first-order chi connectivity index (χ1) is 8.19. The lowest BCUT2D eigenvalue weighted by Crippen LogP contribution is -2.56. The predicted octanol–water partition coefficient (Wildman–Crippen LogP) is 1.57. The van der Waals surface area contributed by atoms with Gasteiger partial charge in [-0.3, -0.25) is 4.90 Å². The van der Waals surface area contributed by atoms with E-state index in [1.54, 1.807) is 0 Å². The Bertz CT molecular complexity index is 248. The summed E-state index contributed by atoms with van der Waals surface area (Å²) in [6.07, 6.45) is 3.96. The van der Waals surface area contributed by atoms with Crippen molar-refractivity contribution in [2.45, 2.75) is 37.0 Å². The molecule has 0 aromatic carbocycles. The van der Waals surface area contributed by atoms with E-state index in [9.17, 15) is 0 Å². The van der Waals surface area contributed by atoms with Gasteiger partial charge in [0.2, 0.25) is 0 Å². The Balaban J connectivity index is 1.73. The van der Waals surface area contributed by atoms with E-state index in [2.05, 4.69) is 18.9 Å². The van der Waals surface area contributed by atoms with E-state index in [0.29, 0.717) is 5.25 Å². The smallest absolute Gasteiger partial charge is 0.0593 e. The molecular formula is C13H26N2OS. The number of hydrogen-bond donors (Lipinski definition) is 1. The topological polar surface area (TPSA) is 38.5 Å². The highest BCUT2D eigenvalue weighted by Gasteiger charge is 2.42. The maximum Gasteiger partial charge on any atom is 0.0593 e. The van der Waals surface area contributed by atoms with E-state index >= 15 is 0 Å². The van der Waals surface area contributed by atoms with Gasteiger partial charge in [-0.1, -0.05) is 6.92 Å². The third-order valence-electron chi connectivity index (χ3n) is 4.39. The lowest BCUT2D eigenvalue weighted by molar-refractivity contribution is 0.0606. The second kappa shape index (κ2) is 5.91. The van der Waals surface area contributed by atoms with Crippen LogP contribution in [-0.4, -0.2) is 54.8 Å². The number of thioether (sulfide) groups is 1. The van der Waals surface area contributed by atoms with Crippen LogP contribution in [0.1, 0.15) is 26.2 Å². The van der Waals surface area contributed by atoms with Gasteiger partial charge < -0.3 is 10.5 Å². The molecule has 1 aliphatic heterocycles. The normalized spacial score (nSPS) is 33.5. The van der Waals surface area contributed by atoms with Crippen LogP contribution in [0.5, 0.6) is 0 Å².